The van der Waals surface area contributed by atoms with Gasteiger partial charge in [-0.25, -0.2) is 13.4 Å². The largest absolute Gasteiger partial charge is 0.359 e. The molecule has 2 aliphatic heterocycles. The molecule has 33 heavy (non-hydrogen) atoms. The van der Waals surface area contributed by atoms with Gasteiger partial charge in [-0.1, -0.05) is 0 Å². The Labute approximate surface area is 190 Å². The maximum absolute atomic E-state index is 13.1. The highest BCUT2D eigenvalue weighted by atomic mass is 32.2. The van der Waals surface area contributed by atoms with E-state index < -0.39 is 10.0 Å². The van der Waals surface area contributed by atoms with Crippen LogP contribution < -0.4 is 10.3 Å². The number of nitrogens with one attached hydrogen (secondary N) is 2. The van der Waals surface area contributed by atoms with Crippen molar-refractivity contribution >= 4 is 21.5 Å². The number of aromatic amines is 2. The van der Waals surface area contributed by atoms with E-state index >= 15 is 0 Å². The van der Waals surface area contributed by atoms with E-state index in [4.69, 9.17) is 0 Å². The van der Waals surface area contributed by atoms with E-state index in [-0.39, 0.29) is 5.43 Å². The normalized spacial score (nSPS) is 17.8. The van der Waals surface area contributed by atoms with Crippen LogP contribution in [0.4, 0.5) is 11.5 Å². The summed E-state index contributed by atoms with van der Waals surface area (Å²) >= 11 is 0. The number of fused-ring (bicyclic) bond motifs is 1. The van der Waals surface area contributed by atoms with Crippen LogP contribution in [0.25, 0.3) is 11.4 Å². The zero-order valence-electron chi connectivity index (χ0n) is 18.2. The molecule has 3 aromatic rings. The first-order valence-corrected chi connectivity index (χ1v) is 12.6. The number of tetrazole rings is 1. The fourth-order valence-electron chi connectivity index (χ4n) is 4.40. The molecule has 0 spiro atoms. The second-order valence-corrected chi connectivity index (χ2v) is 10.3. The fourth-order valence-corrected chi connectivity index (χ4v) is 5.23. The summed E-state index contributed by atoms with van der Waals surface area (Å²) in [5.41, 5.74) is 3.07. The summed E-state index contributed by atoms with van der Waals surface area (Å²) < 4.78 is 24.9. The average Bonchev–Trinajstić information content (AvgIpc) is 3.34. The molecule has 0 unspecified atom stereocenters. The van der Waals surface area contributed by atoms with Crippen molar-refractivity contribution in [3.63, 3.8) is 0 Å². The molecule has 12 nitrogen and oxygen atoms in total. The maximum Gasteiger partial charge on any atom is 0.211 e. The number of hydrogen-bond acceptors (Lipinski definition) is 9. The molecule has 0 bridgehead atoms. The Morgan fingerprint density at radius 2 is 1.94 bits per heavy atom. The first-order chi connectivity index (χ1) is 15.9. The highest BCUT2D eigenvalue weighted by molar-refractivity contribution is 7.88. The summed E-state index contributed by atoms with van der Waals surface area (Å²) in [6.07, 6.45) is 4.60. The highest BCUT2D eigenvalue weighted by Crippen LogP contribution is 2.29. The molecule has 3 aromatic heterocycles. The van der Waals surface area contributed by atoms with Gasteiger partial charge in [-0.2, -0.15) is 9.52 Å². The molecule has 1 fully saturated rings. The number of sulfonamides is 1. The number of hydrogen-bond donors (Lipinski definition) is 2. The van der Waals surface area contributed by atoms with Crippen molar-refractivity contribution in [3.8, 4) is 11.4 Å². The van der Waals surface area contributed by atoms with Crippen LogP contribution >= 0.6 is 0 Å². The first-order valence-electron chi connectivity index (χ1n) is 10.8. The van der Waals surface area contributed by atoms with Gasteiger partial charge in [-0.15, -0.1) is 10.2 Å². The van der Waals surface area contributed by atoms with Gasteiger partial charge in [0.25, 0.3) is 0 Å². The number of H-pyrrole nitrogens is 2. The van der Waals surface area contributed by atoms with Gasteiger partial charge in [0.15, 0.2) is 0 Å². The monoisotopic (exact) mass is 471 g/mol. The lowest BCUT2D eigenvalue weighted by Gasteiger charge is -2.34. The molecular weight excluding hydrogens is 446 g/mol. The molecule has 0 amide bonds. The van der Waals surface area contributed by atoms with Crippen LogP contribution in [0.15, 0.2) is 29.2 Å². The Bertz CT molecular complexity index is 1280. The topological polar surface area (TPSA) is 144 Å². The third-order valence-corrected chi connectivity index (χ3v) is 7.34. The molecule has 5 heterocycles. The van der Waals surface area contributed by atoms with Crippen molar-refractivity contribution in [2.75, 3.05) is 43.9 Å². The molecule has 13 heteroatoms. The van der Waals surface area contributed by atoms with Crippen molar-refractivity contribution in [2.24, 2.45) is 0 Å². The van der Waals surface area contributed by atoms with Crippen LogP contribution in [-0.2, 0) is 23.0 Å². The van der Waals surface area contributed by atoms with E-state index in [0.29, 0.717) is 56.6 Å². The lowest BCUT2D eigenvalue weighted by atomic mass is 10.1. The molecule has 0 radical (unpaired) electrons. The van der Waals surface area contributed by atoms with Crippen LogP contribution in [0, 0.1) is 0 Å². The van der Waals surface area contributed by atoms with Gasteiger partial charge in [-0.3, -0.25) is 9.69 Å². The van der Waals surface area contributed by atoms with Crippen LogP contribution in [0.1, 0.15) is 17.8 Å². The zero-order chi connectivity index (χ0) is 23.0. The Kier molecular flexibility index (Phi) is 5.68. The van der Waals surface area contributed by atoms with Gasteiger partial charge >= 0.3 is 0 Å². The van der Waals surface area contributed by atoms with E-state index in [1.54, 1.807) is 12.3 Å². The van der Waals surface area contributed by atoms with Gasteiger partial charge in [-0.05, 0) is 30.2 Å². The molecule has 1 saturated heterocycles. The number of aryl methyl sites for hydroxylation is 1. The van der Waals surface area contributed by atoms with Crippen LogP contribution in [0.3, 0.4) is 0 Å². The Hall–Kier alpha value is -3.16. The molecule has 0 aliphatic carbocycles. The van der Waals surface area contributed by atoms with Crippen molar-refractivity contribution < 1.29 is 8.42 Å². The zero-order valence-corrected chi connectivity index (χ0v) is 19.0. The van der Waals surface area contributed by atoms with Gasteiger partial charge in [0.2, 0.25) is 21.3 Å². The van der Waals surface area contributed by atoms with Crippen molar-refractivity contribution in [2.45, 2.75) is 19.4 Å². The third kappa shape index (κ3) is 4.51. The molecule has 0 atom stereocenters. The lowest BCUT2D eigenvalue weighted by molar-refractivity contribution is 0.180. The number of pyridine rings is 2. The predicted molar refractivity (Wildman–Crippen MR) is 121 cm³/mol. The Balaban J connectivity index is 1.34. The van der Waals surface area contributed by atoms with E-state index in [1.807, 2.05) is 17.0 Å². The number of piperazine rings is 1. The fraction of sp³-hybridized carbons (Fsp3) is 0.450. The van der Waals surface area contributed by atoms with Gasteiger partial charge in [0.1, 0.15) is 11.5 Å². The van der Waals surface area contributed by atoms with E-state index in [0.717, 1.165) is 29.8 Å². The molecule has 5 rings (SSSR count). The smallest absolute Gasteiger partial charge is 0.211 e. The SMILES string of the molecule is CS(=O)(=O)N1CCN(Cc2cc(=O)c3c([nH]2)CCCN3c2ccc(-c3nn[nH]n3)cn2)CC1. The number of nitrogens with zero attached hydrogens (tertiary/aromatic N) is 7. The predicted octanol–water partition coefficient (Wildman–Crippen LogP) is 0.112. The molecule has 2 N–H and O–H groups in total. The van der Waals surface area contributed by atoms with Crippen LogP contribution in [-0.4, -0.2) is 87.2 Å². The summed E-state index contributed by atoms with van der Waals surface area (Å²) in [5.74, 6) is 1.16. The first kappa shape index (κ1) is 21.7. The molecule has 0 saturated carbocycles. The number of rotatable bonds is 5. The standard InChI is InChI=1S/C20H25N9O3S/c1-33(31,32)28-9-7-27(8-10-28)13-15-11-17(30)19-16(22-15)3-2-6-29(19)18-5-4-14(12-21-18)20-23-25-26-24-20/h4-5,11-12H,2-3,6-10,13H2,1H3,(H,22,30)(H,23,24,25,26). The van der Waals surface area contributed by atoms with Crippen molar-refractivity contribution in [3.05, 3.63) is 46.0 Å². The summed E-state index contributed by atoms with van der Waals surface area (Å²) in [6.45, 7) is 3.49. The van der Waals surface area contributed by atoms with Crippen LogP contribution in [0.5, 0.6) is 0 Å². The second-order valence-electron chi connectivity index (χ2n) is 8.32. The second kappa shape index (κ2) is 8.65. The van der Waals surface area contributed by atoms with E-state index in [1.165, 1.54) is 10.6 Å². The van der Waals surface area contributed by atoms with Gasteiger partial charge in [0.05, 0.1) is 6.26 Å². The number of anilines is 2. The molecular formula is C20H25N9O3S. The van der Waals surface area contributed by atoms with Gasteiger partial charge in [0, 0.05) is 68.5 Å². The maximum atomic E-state index is 13.1. The summed E-state index contributed by atoms with van der Waals surface area (Å²) in [5, 5.41) is 13.9. The van der Waals surface area contributed by atoms with Crippen LogP contribution in [0.2, 0.25) is 0 Å². The Morgan fingerprint density at radius 3 is 2.61 bits per heavy atom. The molecule has 2 aliphatic rings. The minimum Gasteiger partial charge on any atom is -0.359 e. The summed E-state index contributed by atoms with van der Waals surface area (Å²) in [6, 6.07) is 5.36. The minimum atomic E-state index is -3.16. The molecule has 174 valence electrons. The third-order valence-electron chi connectivity index (χ3n) is 6.04. The van der Waals surface area contributed by atoms with Crippen molar-refractivity contribution in [1.82, 2.24) is 39.8 Å². The molecule has 0 aromatic carbocycles. The van der Waals surface area contributed by atoms with Crippen molar-refractivity contribution in [1.29, 1.82) is 0 Å². The number of aromatic nitrogens is 6. The highest BCUT2D eigenvalue weighted by Gasteiger charge is 2.26. The lowest BCUT2D eigenvalue weighted by Crippen LogP contribution is -2.48. The van der Waals surface area contributed by atoms with E-state index in [9.17, 15) is 13.2 Å². The summed E-state index contributed by atoms with van der Waals surface area (Å²) in [4.78, 5) is 25.2. The van der Waals surface area contributed by atoms with E-state index in [2.05, 4.69) is 35.5 Å². The Morgan fingerprint density at radius 1 is 1.12 bits per heavy atom. The quantitative estimate of drug-likeness (QED) is 0.530. The summed E-state index contributed by atoms with van der Waals surface area (Å²) in [7, 11) is -3.16. The minimum absolute atomic E-state index is 0.0442. The average molecular weight is 472 g/mol. The van der Waals surface area contributed by atoms with Gasteiger partial charge < -0.3 is 9.88 Å².